The molecular weight excluding hydrogens is 381 g/mol. The predicted molar refractivity (Wildman–Crippen MR) is 110 cm³/mol. The number of hydrogen-bond acceptors (Lipinski definition) is 6. The number of nitrogens with zero attached hydrogens (tertiary/aromatic N) is 3. The summed E-state index contributed by atoms with van der Waals surface area (Å²) < 4.78 is 39.3. The Labute approximate surface area is 168 Å². The lowest BCUT2D eigenvalue weighted by atomic mass is 10.1. The van der Waals surface area contributed by atoms with E-state index in [4.69, 9.17) is 0 Å². The summed E-state index contributed by atoms with van der Waals surface area (Å²) in [7, 11) is 0. The minimum atomic E-state index is -4.25. The van der Waals surface area contributed by atoms with Crippen molar-refractivity contribution in [3.63, 3.8) is 0 Å². The molecular formula is C20H25F3N6. The first kappa shape index (κ1) is 20.9. The predicted octanol–water partition coefficient (Wildman–Crippen LogP) is 2.24. The fourth-order valence-corrected chi connectivity index (χ4v) is 3.30. The number of alkyl halides is 3. The summed E-state index contributed by atoms with van der Waals surface area (Å²) in [5, 5.41) is 9.03. The molecule has 2 aliphatic heterocycles. The summed E-state index contributed by atoms with van der Waals surface area (Å²) in [4.78, 5) is 9.67. The van der Waals surface area contributed by atoms with Crippen LogP contribution >= 0.6 is 0 Å². The zero-order valence-corrected chi connectivity index (χ0v) is 16.0. The Balaban J connectivity index is 1.58. The van der Waals surface area contributed by atoms with E-state index < -0.39 is 12.2 Å². The number of halogens is 3. The molecule has 0 aromatic heterocycles. The zero-order chi connectivity index (χ0) is 20.7. The maximum atomic E-state index is 13.1. The van der Waals surface area contributed by atoms with Crippen molar-refractivity contribution < 1.29 is 13.2 Å². The van der Waals surface area contributed by atoms with E-state index in [1.54, 1.807) is 11.1 Å². The second-order valence-electron chi connectivity index (χ2n) is 6.82. The minimum Gasteiger partial charge on any atom is -0.386 e. The third-order valence-corrected chi connectivity index (χ3v) is 4.81. The maximum Gasteiger partial charge on any atom is 0.405 e. The molecule has 3 N–H and O–H groups in total. The lowest BCUT2D eigenvalue weighted by molar-refractivity contribution is -0.163. The Morgan fingerprint density at radius 2 is 2.14 bits per heavy atom. The second-order valence-corrected chi connectivity index (χ2v) is 6.82. The van der Waals surface area contributed by atoms with Crippen LogP contribution in [-0.2, 0) is 0 Å². The van der Waals surface area contributed by atoms with Crippen molar-refractivity contribution in [1.29, 1.82) is 0 Å². The van der Waals surface area contributed by atoms with Crippen molar-refractivity contribution in [3.8, 4) is 0 Å². The number of hydrogen-bond donors (Lipinski definition) is 3. The van der Waals surface area contributed by atoms with Gasteiger partial charge in [0.25, 0.3) is 0 Å². The molecule has 0 saturated carbocycles. The van der Waals surface area contributed by atoms with Crippen molar-refractivity contribution in [1.82, 2.24) is 20.9 Å². The molecule has 2 heterocycles. The normalized spacial score (nSPS) is 24.1. The van der Waals surface area contributed by atoms with Gasteiger partial charge in [-0.3, -0.25) is 9.98 Å². The Morgan fingerprint density at radius 3 is 2.86 bits per heavy atom. The molecule has 6 nitrogen and oxygen atoms in total. The first-order chi connectivity index (χ1) is 14.0. The molecule has 29 heavy (non-hydrogen) atoms. The quantitative estimate of drug-likeness (QED) is 0.592. The average Bonchev–Trinajstić information content (AvgIpc) is 2.73. The van der Waals surface area contributed by atoms with Crippen molar-refractivity contribution in [2.45, 2.75) is 18.6 Å². The molecule has 1 aliphatic carbocycles. The van der Waals surface area contributed by atoms with E-state index in [-0.39, 0.29) is 6.54 Å². The molecule has 1 unspecified atom stereocenters. The average molecular weight is 406 g/mol. The van der Waals surface area contributed by atoms with Gasteiger partial charge in [0, 0.05) is 63.5 Å². The molecule has 9 heteroatoms. The summed E-state index contributed by atoms with van der Waals surface area (Å²) in [5.74, 6) is 0. The first-order valence-electron chi connectivity index (χ1n) is 9.45. The van der Waals surface area contributed by atoms with E-state index in [1.807, 2.05) is 24.4 Å². The van der Waals surface area contributed by atoms with Crippen LogP contribution in [0.5, 0.6) is 0 Å². The van der Waals surface area contributed by atoms with Crippen LogP contribution < -0.4 is 16.0 Å². The van der Waals surface area contributed by atoms with Crippen LogP contribution in [0.1, 0.15) is 6.42 Å². The highest BCUT2D eigenvalue weighted by Crippen LogP contribution is 2.25. The van der Waals surface area contributed by atoms with Gasteiger partial charge in [-0.2, -0.15) is 13.2 Å². The fourth-order valence-electron chi connectivity index (χ4n) is 3.30. The highest BCUT2D eigenvalue weighted by Gasteiger charge is 2.42. The number of allylic oxidation sites excluding steroid dienone is 2. The van der Waals surface area contributed by atoms with Gasteiger partial charge in [-0.05, 0) is 24.4 Å². The number of rotatable bonds is 6. The van der Waals surface area contributed by atoms with Crippen LogP contribution in [0.3, 0.4) is 0 Å². The van der Waals surface area contributed by atoms with Crippen LogP contribution in [0, 0.1) is 0 Å². The molecule has 3 aliphatic rings. The lowest BCUT2D eigenvalue weighted by Gasteiger charge is -2.39. The molecule has 1 saturated heterocycles. The van der Waals surface area contributed by atoms with Crippen LogP contribution in [0.15, 0.2) is 69.9 Å². The SMILES string of the molecule is C=N/C=C\N=C1\C=CC(CNC2=CNCC=C2N2CCNC(C(F)(F)F)C2)=CC1. The third-order valence-electron chi connectivity index (χ3n) is 4.81. The summed E-state index contributed by atoms with van der Waals surface area (Å²) in [6.45, 7) is 5.27. The zero-order valence-electron chi connectivity index (χ0n) is 16.0. The van der Waals surface area contributed by atoms with Crippen molar-refractivity contribution in [3.05, 3.63) is 59.9 Å². The van der Waals surface area contributed by atoms with Crippen molar-refractivity contribution in [2.75, 3.05) is 32.7 Å². The van der Waals surface area contributed by atoms with E-state index in [0.717, 1.165) is 22.7 Å². The molecule has 156 valence electrons. The van der Waals surface area contributed by atoms with Crippen molar-refractivity contribution in [2.24, 2.45) is 9.98 Å². The minimum absolute atomic E-state index is 0.0934. The van der Waals surface area contributed by atoms with Crippen molar-refractivity contribution >= 4 is 12.4 Å². The third kappa shape index (κ3) is 5.83. The number of dihydropyridines is 1. The Morgan fingerprint density at radius 1 is 1.28 bits per heavy atom. The van der Waals surface area contributed by atoms with E-state index in [0.29, 0.717) is 32.6 Å². The Kier molecular flexibility index (Phi) is 6.92. The van der Waals surface area contributed by atoms with Gasteiger partial charge in [0.15, 0.2) is 0 Å². The van der Waals surface area contributed by atoms with Gasteiger partial charge in [0.1, 0.15) is 6.04 Å². The number of aliphatic imine (C=N–C) groups is 2. The van der Waals surface area contributed by atoms with Gasteiger partial charge in [-0.15, -0.1) is 0 Å². The van der Waals surface area contributed by atoms with Gasteiger partial charge < -0.3 is 20.9 Å². The van der Waals surface area contributed by atoms with Crippen LogP contribution in [-0.4, -0.2) is 62.3 Å². The smallest absolute Gasteiger partial charge is 0.386 e. The highest BCUT2D eigenvalue weighted by atomic mass is 19.4. The molecule has 0 bridgehead atoms. The van der Waals surface area contributed by atoms with Gasteiger partial charge in [-0.25, -0.2) is 0 Å². The summed E-state index contributed by atoms with van der Waals surface area (Å²) in [6, 6.07) is -1.51. The lowest BCUT2D eigenvalue weighted by Crippen LogP contribution is -2.57. The topological polar surface area (TPSA) is 64.0 Å². The molecule has 0 amide bonds. The number of piperazine rings is 1. The fraction of sp³-hybridized carbons (Fsp3) is 0.400. The highest BCUT2D eigenvalue weighted by molar-refractivity contribution is 5.98. The molecule has 0 aromatic rings. The molecule has 1 fully saturated rings. The molecule has 1 atom stereocenters. The maximum absolute atomic E-state index is 13.1. The Hall–Kier alpha value is -2.81. The molecule has 0 spiro atoms. The summed E-state index contributed by atoms with van der Waals surface area (Å²) in [5.41, 5.74) is 3.62. The Bertz CT molecular complexity index is 789. The van der Waals surface area contributed by atoms with Gasteiger partial charge in [-0.1, -0.05) is 12.2 Å². The molecule has 3 rings (SSSR count). The molecule has 0 aromatic carbocycles. The van der Waals surface area contributed by atoms with Crippen LogP contribution in [0.2, 0.25) is 0 Å². The van der Waals surface area contributed by atoms with E-state index >= 15 is 0 Å². The van der Waals surface area contributed by atoms with E-state index in [1.165, 1.54) is 6.20 Å². The monoisotopic (exact) mass is 406 g/mol. The van der Waals surface area contributed by atoms with E-state index in [9.17, 15) is 13.2 Å². The number of nitrogens with one attached hydrogen (secondary N) is 3. The summed E-state index contributed by atoms with van der Waals surface area (Å²) in [6.07, 6.45) is 9.33. The van der Waals surface area contributed by atoms with Gasteiger partial charge in [0.05, 0.1) is 11.4 Å². The van der Waals surface area contributed by atoms with Crippen LogP contribution in [0.25, 0.3) is 0 Å². The molecule has 0 radical (unpaired) electrons. The largest absolute Gasteiger partial charge is 0.405 e. The summed E-state index contributed by atoms with van der Waals surface area (Å²) >= 11 is 0. The standard InChI is InChI=1S/C20H25F3N6/c1-24-8-9-26-16-4-2-15(3-5-16)12-28-17-13-25-7-6-18(17)29-11-10-27-19(14-29)20(21,22)23/h2-4,6,8-9,13,19,25,27-28H,1,5,7,10-12,14H2/b9-8-,26-16-. The first-order valence-corrected chi connectivity index (χ1v) is 9.45. The van der Waals surface area contributed by atoms with Gasteiger partial charge in [0.2, 0.25) is 0 Å². The second kappa shape index (κ2) is 9.60. The van der Waals surface area contributed by atoms with E-state index in [2.05, 4.69) is 38.7 Å². The van der Waals surface area contributed by atoms with Gasteiger partial charge >= 0.3 is 6.18 Å². The van der Waals surface area contributed by atoms with Crippen LogP contribution in [0.4, 0.5) is 13.2 Å².